The summed E-state index contributed by atoms with van der Waals surface area (Å²) >= 11 is 0. The molecule has 0 saturated heterocycles. The van der Waals surface area contributed by atoms with Gasteiger partial charge in [-0.15, -0.1) is 0 Å². The smallest absolute Gasteiger partial charge is 0.223 e. The fraction of sp³-hybridized carbons (Fsp3) is 0.933. The van der Waals surface area contributed by atoms with Crippen LogP contribution in [0.5, 0.6) is 0 Å². The fourth-order valence-corrected chi connectivity index (χ4v) is 2.66. The molecular weight excluding hydrogens is 210 g/mol. The minimum Gasteiger partial charge on any atom is -0.356 e. The van der Waals surface area contributed by atoms with Gasteiger partial charge in [-0.2, -0.15) is 0 Å². The summed E-state index contributed by atoms with van der Waals surface area (Å²) in [5.41, 5.74) is 0.377. The minimum atomic E-state index is 0.215. The maximum atomic E-state index is 11.9. The molecule has 0 aromatic carbocycles. The topological polar surface area (TPSA) is 29.1 Å². The highest BCUT2D eigenvalue weighted by Gasteiger charge is 2.26. The summed E-state index contributed by atoms with van der Waals surface area (Å²) in [7, 11) is 0. The van der Waals surface area contributed by atoms with Crippen LogP contribution in [0.15, 0.2) is 0 Å². The Labute approximate surface area is 107 Å². The number of rotatable bonds is 5. The second-order valence-corrected chi connectivity index (χ2v) is 6.79. The third-order valence-electron chi connectivity index (χ3n) is 3.92. The molecule has 2 heteroatoms. The molecule has 1 N–H and O–H groups in total. The van der Waals surface area contributed by atoms with Crippen molar-refractivity contribution < 1.29 is 4.79 Å². The van der Waals surface area contributed by atoms with Gasteiger partial charge in [-0.05, 0) is 37.0 Å². The normalized spacial score (nSPS) is 19.3. The lowest BCUT2D eigenvalue weighted by Gasteiger charge is -2.20. The number of nitrogens with one attached hydrogen (secondary N) is 1. The molecule has 0 aromatic heterocycles. The Kier molecular flexibility index (Phi) is 5.48. The highest BCUT2D eigenvalue weighted by Crippen LogP contribution is 2.31. The summed E-state index contributed by atoms with van der Waals surface area (Å²) < 4.78 is 0. The summed E-state index contributed by atoms with van der Waals surface area (Å²) in [6.45, 7) is 9.67. The molecule has 1 aliphatic carbocycles. The molecule has 0 aliphatic heterocycles. The highest BCUT2D eigenvalue weighted by molar-refractivity contribution is 5.78. The maximum absolute atomic E-state index is 11.9. The van der Waals surface area contributed by atoms with Gasteiger partial charge in [-0.3, -0.25) is 4.79 Å². The molecule has 100 valence electrons. The first-order valence-electron chi connectivity index (χ1n) is 7.18. The summed E-state index contributed by atoms with van der Waals surface area (Å²) in [6, 6.07) is 0. The van der Waals surface area contributed by atoms with Gasteiger partial charge in [0, 0.05) is 12.5 Å². The van der Waals surface area contributed by atoms with E-state index in [4.69, 9.17) is 0 Å². The van der Waals surface area contributed by atoms with Crippen LogP contribution in [0.25, 0.3) is 0 Å². The zero-order valence-electron chi connectivity index (χ0n) is 12.0. The Bertz CT molecular complexity index is 236. The highest BCUT2D eigenvalue weighted by atomic mass is 16.1. The van der Waals surface area contributed by atoms with Crippen molar-refractivity contribution in [3.63, 3.8) is 0 Å². The Morgan fingerprint density at radius 2 is 1.88 bits per heavy atom. The van der Waals surface area contributed by atoms with E-state index in [-0.39, 0.29) is 11.8 Å². The van der Waals surface area contributed by atoms with Crippen molar-refractivity contribution in [2.75, 3.05) is 6.54 Å². The standard InChI is InChI=1S/C15H29NO/c1-12(13-8-5-6-9-13)14(17)16-11-7-10-15(2,3)4/h12-13H,5-11H2,1-4H3,(H,16,17). The molecule has 1 unspecified atom stereocenters. The van der Waals surface area contributed by atoms with Crippen LogP contribution in [0.3, 0.4) is 0 Å². The van der Waals surface area contributed by atoms with Crippen LogP contribution in [0.1, 0.15) is 66.2 Å². The van der Waals surface area contributed by atoms with Crippen molar-refractivity contribution in [2.24, 2.45) is 17.3 Å². The molecule has 0 radical (unpaired) electrons. The monoisotopic (exact) mass is 239 g/mol. The predicted molar refractivity (Wildman–Crippen MR) is 72.8 cm³/mol. The van der Waals surface area contributed by atoms with Crippen LogP contribution in [0, 0.1) is 17.3 Å². The van der Waals surface area contributed by atoms with E-state index in [1.54, 1.807) is 0 Å². The Morgan fingerprint density at radius 1 is 1.29 bits per heavy atom. The fourth-order valence-electron chi connectivity index (χ4n) is 2.66. The van der Waals surface area contributed by atoms with E-state index in [1.165, 1.54) is 32.1 Å². The van der Waals surface area contributed by atoms with Crippen LogP contribution in [-0.2, 0) is 4.79 Å². The van der Waals surface area contributed by atoms with Crippen LogP contribution in [0.4, 0.5) is 0 Å². The van der Waals surface area contributed by atoms with E-state index < -0.39 is 0 Å². The summed E-state index contributed by atoms with van der Waals surface area (Å²) in [4.78, 5) is 11.9. The molecule has 1 rings (SSSR count). The van der Waals surface area contributed by atoms with Crippen molar-refractivity contribution in [1.29, 1.82) is 0 Å². The van der Waals surface area contributed by atoms with Crippen LogP contribution in [-0.4, -0.2) is 12.5 Å². The molecule has 0 heterocycles. The van der Waals surface area contributed by atoms with Crippen molar-refractivity contribution >= 4 is 5.91 Å². The van der Waals surface area contributed by atoms with Gasteiger partial charge in [0.05, 0.1) is 0 Å². The molecule has 1 aliphatic rings. The van der Waals surface area contributed by atoms with Crippen molar-refractivity contribution in [2.45, 2.75) is 66.2 Å². The number of carbonyl (C=O) groups excluding carboxylic acids is 1. The first-order chi connectivity index (χ1) is 7.90. The quantitative estimate of drug-likeness (QED) is 0.727. The third-order valence-corrected chi connectivity index (χ3v) is 3.92. The maximum Gasteiger partial charge on any atom is 0.223 e. The first-order valence-corrected chi connectivity index (χ1v) is 7.18. The molecule has 1 amide bonds. The Hall–Kier alpha value is -0.530. The molecule has 0 bridgehead atoms. The average molecular weight is 239 g/mol. The van der Waals surface area contributed by atoms with Crippen molar-refractivity contribution in [1.82, 2.24) is 5.32 Å². The van der Waals surface area contributed by atoms with Gasteiger partial charge in [0.1, 0.15) is 0 Å². The van der Waals surface area contributed by atoms with E-state index in [2.05, 4.69) is 33.0 Å². The average Bonchev–Trinajstić information content (AvgIpc) is 2.74. The molecule has 1 saturated carbocycles. The molecule has 1 atom stereocenters. The lowest BCUT2D eigenvalue weighted by molar-refractivity contribution is -0.126. The largest absolute Gasteiger partial charge is 0.356 e. The van der Waals surface area contributed by atoms with Crippen LogP contribution in [0.2, 0.25) is 0 Å². The van der Waals surface area contributed by atoms with E-state index in [0.717, 1.165) is 13.0 Å². The van der Waals surface area contributed by atoms with Crippen molar-refractivity contribution in [3.8, 4) is 0 Å². The van der Waals surface area contributed by atoms with Gasteiger partial charge in [0.15, 0.2) is 0 Å². The predicted octanol–water partition coefficient (Wildman–Crippen LogP) is 3.76. The number of hydrogen-bond acceptors (Lipinski definition) is 1. The van der Waals surface area contributed by atoms with Crippen LogP contribution >= 0.6 is 0 Å². The second kappa shape index (κ2) is 6.42. The molecule has 0 spiro atoms. The molecular formula is C15H29NO. The van der Waals surface area contributed by atoms with Gasteiger partial charge < -0.3 is 5.32 Å². The third kappa shape index (κ3) is 5.56. The minimum absolute atomic E-state index is 0.215. The molecule has 17 heavy (non-hydrogen) atoms. The number of hydrogen-bond donors (Lipinski definition) is 1. The van der Waals surface area contributed by atoms with Crippen molar-refractivity contribution in [3.05, 3.63) is 0 Å². The molecule has 0 aromatic rings. The number of carbonyl (C=O) groups is 1. The Balaban J connectivity index is 2.16. The summed E-state index contributed by atoms with van der Waals surface area (Å²) in [6.07, 6.45) is 7.38. The molecule has 2 nitrogen and oxygen atoms in total. The van der Waals surface area contributed by atoms with Crippen LogP contribution < -0.4 is 5.32 Å². The van der Waals surface area contributed by atoms with Gasteiger partial charge in [0.2, 0.25) is 5.91 Å². The lowest BCUT2D eigenvalue weighted by atomic mass is 9.90. The Morgan fingerprint density at radius 3 is 2.41 bits per heavy atom. The number of amides is 1. The summed E-state index contributed by atoms with van der Waals surface area (Å²) in [5.74, 6) is 1.12. The van der Waals surface area contributed by atoms with Gasteiger partial charge in [-0.1, -0.05) is 40.5 Å². The second-order valence-electron chi connectivity index (χ2n) is 6.79. The lowest BCUT2D eigenvalue weighted by Crippen LogP contribution is -2.33. The van der Waals surface area contributed by atoms with Gasteiger partial charge in [0.25, 0.3) is 0 Å². The molecule has 1 fully saturated rings. The SMILES string of the molecule is CC(C(=O)NCCCC(C)(C)C)C1CCCC1. The zero-order valence-corrected chi connectivity index (χ0v) is 12.0. The summed E-state index contributed by atoms with van der Waals surface area (Å²) in [5, 5.41) is 3.09. The van der Waals surface area contributed by atoms with Gasteiger partial charge >= 0.3 is 0 Å². The zero-order chi connectivity index (χ0) is 12.9. The first kappa shape index (κ1) is 14.5. The van der Waals surface area contributed by atoms with E-state index in [0.29, 0.717) is 11.3 Å². The van der Waals surface area contributed by atoms with E-state index in [9.17, 15) is 4.79 Å². The van der Waals surface area contributed by atoms with Gasteiger partial charge in [-0.25, -0.2) is 0 Å². The van der Waals surface area contributed by atoms with E-state index >= 15 is 0 Å². The van der Waals surface area contributed by atoms with E-state index in [1.807, 2.05) is 0 Å².